The van der Waals surface area contributed by atoms with Crippen molar-refractivity contribution >= 4 is 17.2 Å². The molecule has 1 amide bonds. The molecule has 4 nitrogen and oxygen atoms in total. The van der Waals surface area contributed by atoms with E-state index in [1.165, 1.54) is 0 Å². The molecule has 0 aromatic carbocycles. The summed E-state index contributed by atoms with van der Waals surface area (Å²) in [6.07, 6.45) is 0.533. The summed E-state index contributed by atoms with van der Waals surface area (Å²) in [7, 11) is 0. The van der Waals surface area contributed by atoms with E-state index in [-0.39, 0.29) is 12.0 Å². The van der Waals surface area contributed by atoms with E-state index in [0.29, 0.717) is 25.3 Å². The van der Waals surface area contributed by atoms with E-state index in [1.807, 2.05) is 5.38 Å². The zero-order valence-corrected chi connectivity index (χ0v) is 11.4. The summed E-state index contributed by atoms with van der Waals surface area (Å²) in [6.45, 7) is 6.40. The fourth-order valence-electron chi connectivity index (χ4n) is 1.32. The van der Waals surface area contributed by atoms with E-state index in [2.05, 4.69) is 24.1 Å². The van der Waals surface area contributed by atoms with Crippen LogP contribution in [0.25, 0.3) is 0 Å². The number of aliphatic hydroxyl groups is 1. The molecule has 1 aromatic rings. The average Bonchev–Trinajstić information content (AvgIpc) is 2.65. The molecule has 0 aliphatic rings. The van der Waals surface area contributed by atoms with Gasteiger partial charge in [0.25, 0.3) is 0 Å². The molecule has 1 rings (SSSR count). The minimum atomic E-state index is -0.373. The van der Waals surface area contributed by atoms with Gasteiger partial charge in [-0.2, -0.15) is 0 Å². The molecule has 0 aliphatic heterocycles. The summed E-state index contributed by atoms with van der Waals surface area (Å²) in [6, 6.07) is 0. The normalized spacial score (nSPS) is 12.8. The van der Waals surface area contributed by atoms with E-state index < -0.39 is 0 Å². The second kappa shape index (κ2) is 6.71. The van der Waals surface area contributed by atoms with E-state index >= 15 is 0 Å². The second-order valence-corrected chi connectivity index (χ2v) is 5.39. The lowest BCUT2D eigenvalue weighted by Gasteiger charge is -2.05. The summed E-state index contributed by atoms with van der Waals surface area (Å²) in [4.78, 5) is 15.9. The Kier molecular flexibility index (Phi) is 5.58. The molecule has 1 aromatic heterocycles. The Morgan fingerprint density at radius 1 is 1.53 bits per heavy atom. The molecule has 1 atom stereocenters. The number of nitrogens with one attached hydrogen (secondary N) is 1. The van der Waals surface area contributed by atoms with Crippen molar-refractivity contribution in [1.82, 2.24) is 10.3 Å². The van der Waals surface area contributed by atoms with Crippen LogP contribution in [0.2, 0.25) is 0 Å². The van der Waals surface area contributed by atoms with Gasteiger partial charge in [0.2, 0.25) is 5.91 Å². The van der Waals surface area contributed by atoms with Gasteiger partial charge in [-0.1, -0.05) is 13.8 Å². The first-order valence-corrected chi connectivity index (χ1v) is 6.76. The van der Waals surface area contributed by atoms with Gasteiger partial charge in [0, 0.05) is 17.8 Å². The summed E-state index contributed by atoms with van der Waals surface area (Å²) >= 11 is 1.60. The third kappa shape index (κ3) is 5.28. The molecule has 0 saturated carbocycles. The number of thiazole rings is 1. The van der Waals surface area contributed by atoms with Crippen molar-refractivity contribution < 1.29 is 9.90 Å². The topological polar surface area (TPSA) is 62.2 Å². The molecule has 0 spiro atoms. The molecule has 0 saturated heterocycles. The molecule has 5 heteroatoms. The van der Waals surface area contributed by atoms with Crippen LogP contribution < -0.4 is 5.32 Å². The first kappa shape index (κ1) is 14.1. The van der Waals surface area contributed by atoms with E-state index in [1.54, 1.807) is 18.3 Å². The number of rotatable bonds is 6. The molecular formula is C12H20N2O2S. The van der Waals surface area contributed by atoms with Gasteiger partial charge in [0.1, 0.15) is 0 Å². The summed E-state index contributed by atoms with van der Waals surface area (Å²) in [5, 5.41) is 14.8. The van der Waals surface area contributed by atoms with Crippen molar-refractivity contribution in [2.24, 2.45) is 0 Å². The number of carbonyl (C=O) groups excluding carboxylic acids is 1. The molecule has 0 fully saturated rings. The quantitative estimate of drug-likeness (QED) is 0.814. The zero-order valence-electron chi connectivity index (χ0n) is 10.6. The number of hydrogen-bond acceptors (Lipinski definition) is 4. The molecular weight excluding hydrogens is 236 g/mol. The molecule has 1 heterocycles. The van der Waals surface area contributed by atoms with Gasteiger partial charge in [-0.25, -0.2) is 4.98 Å². The zero-order chi connectivity index (χ0) is 12.8. The number of hydrogen-bond donors (Lipinski definition) is 2. The Balaban J connectivity index is 2.34. The molecule has 0 aliphatic carbocycles. The number of aliphatic hydroxyl groups excluding tert-OH is 1. The first-order chi connectivity index (χ1) is 7.99. The van der Waals surface area contributed by atoms with Crippen LogP contribution in [0.4, 0.5) is 0 Å². The number of carbonyl (C=O) groups is 1. The maximum Gasteiger partial charge on any atom is 0.226 e. The Morgan fingerprint density at radius 2 is 2.24 bits per heavy atom. The van der Waals surface area contributed by atoms with Gasteiger partial charge in [-0.3, -0.25) is 4.79 Å². The number of aromatic nitrogens is 1. The third-order valence-electron chi connectivity index (χ3n) is 2.29. The Morgan fingerprint density at radius 3 is 2.76 bits per heavy atom. The summed E-state index contributed by atoms with van der Waals surface area (Å²) in [5.41, 5.74) is 0.827. The predicted molar refractivity (Wildman–Crippen MR) is 69.2 cm³/mol. The lowest BCUT2D eigenvalue weighted by atomic mass is 10.2. The van der Waals surface area contributed by atoms with Crippen LogP contribution in [0.1, 0.15) is 43.8 Å². The van der Waals surface area contributed by atoms with Crippen LogP contribution in [0.15, 0.2) is 5.38 Å². The molecule has 2 N–H and O–H groups in total. The van der Waals surface area contributed by atoms with Crippen molar-refractivity contribution in [2.45, 2.75) is 45.6 Å². The van der Waals surface area contributed by atoms with Gasteiger partial charge in [-0.05, 0) is 13.3 Å². The van der Waals surface area contributed by atoms with Crippen LogP contribution >= 0.6 is 11.3 Å². The van der Waals surface area contributed by atoms with Gasteiger partial charge in [-0.15, -0.1) is 11.3 Å². The summed E-state index contributed by atoms with van der Waals surface area (Å²) in [5.74, 6) is 0.373. The van der Waals surface area contributed by atoms with E-state index in [9.17, 15) is 4.79 Å². The second-order valence-electron chi connectivity index (χ2n) is 4.50. The van der Waals surface area contributed by atoms with Crippen LogP contribution in [-0.4, -0.2) is 28.6 Å². The molecule has 0 radical (unpaired) electrons. The van der Waals surface area contributed by atoms with Gasteiger partial charge in [0.15, 0.2) is 0 Å². The van der Waals surface area contributed by atoms with Crippen molar-refractivity contribution in [1.29, 1.82) is 0 Å². The first-order valence-electron chi connectivity index (χ1n) is 5.88. The maximum atomic E-state index is 11.5. The maximum absolute atomic E-state index is 11.5. The fraction of sp³-hybridized carbons (Fsp3) is 0.667. The highest BCUT2D eigenvalue weighted by Gasteiger charge is 2.09. The standard InChI is InChI=1S/C12H20N2O2S/c1-8(2)12-14-10(7-17-12)6-11(16)13-5-4-9(3)15/h7-9,15H,4-6H2,1-3H3,(H,13,16). The monoisotopic (exact) mass is 256 g/mol. The Hall–Kier alpha value is -0.940. The van der Waals surface area contributed by atoms with Crippen LogP contribution in [0.3, 0.4) is 0 Å². The van der Waals surface area contributed by atoms with Crippen LogP contribution in [-0.2, 0) is 11.2 Å². The third-order valence-corrected chi connectivity index (χ3v) is 3.48. The average molecular weight is 256 g/mol. The number of amides is 1. The predicted octanol–water partition coefficient (Wildman–Crippen LogP) is 1.70. The van der Waals surface area contributed by atoms with Crippen molar-refractivity contribution in [3.8, 4) is 0 Å². The van der Waals surface area contributed by atoms with Gasteiger partial charge < -0.3 is 10.4 Å². The van der Waals surface area contributed by atoms with E-state index in [0.717, 1.165) is 10.7 Å². The highest BCUT2D eigenvalue weighted by atomic mass is 32.1. The van der Waals surface area contributed by atoms with Crippen LogP contribution in [0.5, 0.6) is 0 Å². The van der Waals surface area contributed by atoms with E-state index in [4.69, 9.17) is 5.11 Å². The SMILES string of the molecule is CC(O)CCNC(=O)Cc1csc(C(C)C)n1. The lowest BCUT2D eigenvalue weighted by molar-refractivity contribution is -0.120. The highest BCUT2D eigenvalue weighted by Crippen LogP contribution is 2.19. The Labute approximate surface area is 106 Å². The Bertz CT molecular complexity index is 361. The lowest BCUT2D eigenvalue weighted by Crippen LogP contribution is -2.28. The van der Waals surface area contributed by atoms with Crippen molar-refractivity contribution in [3.63, 3.8) is 0 Å². The molecule has 96 valence electrons. The minimum absolute atomic E-state index is 0.0359. The summed E-state index contributed by atoms with van der Waals surface area (Å²) < 4.78 is 0. The number of nitrogens with zero attached hydrogens (tertiary/aromatic N) is 1. The largest absolute Gasteiger partial charge is 0.393 e. The molecule has 17 heavy (non-hydrogen) atoms. The minimum Gasteiger partial charge on any atom is -0.393 e. The smallest absolute Gasteiger partial charge is 0.226 e. The fourth-order valence-corrected chi connectivity index (χ4v) is 2.15. The molecule has 0 bridgehead atoms. The van der Waals surface area contributed by atoms with Gasteiger partial charge >= 0.3 is 0 Å². The van der Waals surface area contributed by atoms with Gasteiger partial charge in [0.05, 0.1) is 23.2 Å². The van der Waals surface area contributed by atoms with Crippen LogP contribution in [0, 0.1) is 0 Å². The highest BCUT2D eigenvalue weighted by molar-refractivity contribution is 7.09. The molecule has 1 unspecified atom stereocenters. The van der Waals surface area contributed by atoms with Crippen molar-refractivity contribution in [3.05, 3.63) is 16.1 Å². The van der Waals surface area contributed by atoms with Crippen molar-refractivity contribution in [2.75, 3.05) is 6.54 Å².